The molecule has 2 heterocycles. The Labute approximate surface area is 185 Å². The van der Waals surface area contributed by atoms with Gasteiger partial charge in [-0.2, -0.15) is 13.2 Å². The summed E-state index contributed by atoms with van der Waals surface area (Å²) in [5, 5.41) is 0.509. The highest BCUT2D eigenvalue weighted by Crippen LogP contribution is 2.45. The number of alkyl halides is 3. The number of amides is 1. The number of carbonyl (C=O) groups excluding carboxylic acids is 1. The molecule has 1 amide bonds. The molecule has 3 aromatic rings. The fourth-order valence-electron chi connectivity index (χ4n) is 3.78. The number of hydrogen-bond acceptors (Lipinski definition) is 4. The molecule has 0 N–H and O–H groups in total. The first-order valence-electron chi connectivity index (χ1n) is 9.63. The average Bonchev–Trinajstić information content (AvgIpc) is 3.24. The summed E-state index contributed by atoms with van der Waals surface area (Å²) >= 11 is 5.91. The van der Waals surface area contributed by atoms with Crippen molar-refractivity contribution in [2.45, 2.75) is 18.3 Å². The standard InChI is InChI=1S/C23H15ClF3NO4/c24-15-5-7-17(8-6-15)32-21-20(13-4-9-18-19(10-13)31-12-30-18)28(22(21)29)16-3-1-2-14(11-16)23(25,26)27/h1-11,20-21H,12H2. The molecule has 0 saturated carbocycles. The number of ether oxygens (including phenoxy) is 3. The zero-order valence-electron chi connectivity index (χ0n) is 16.3. The second kappa shape index (κ2) is 7.63. The number of rotatable bonds is 4. The van der Waals surface area contributed by atoms with Crippen molar-refractivity contribution in [2.75, 3.05) is 11.7 Å². The van der Waals surface area contributed by atoms with Gasteiger partial charge >= 0.3 is 6.18 Å². The normalized spacial score (nSPS) is 19.6. The summed E-state index contributed by atoms with van der Waals surface area (Å²) in [4.78, 5) is 14.3. The van der Waals surface area contributed by atoms with Crippen molar-refractivity contribution in [1.82, 2.24) is 0 Å². The molecule has 5 nitrogen and oxygen atoms in total. The molecule has 3 aromatic carbocycles. The van der Waals surface area contributed by atoms with Crippen molar-refractivity contribution in [3.8, 4) is 17.2 Å². The van der Waals surface area contributed by atoms with Gasteiger partial charge in [-0.3, -0.25) is 9.69 Å². The van der Waals surface area contributed by atoms with Gasteiger partial charge in [0.05, 0.1) is 5.56 Å². The predicted octanol–water partition coefficient (Wildman–Crippen LogP) is 5.62. The van der Waals surface area contributed by atoms with Gasteiger partial charge in [-0.1, -0.05) is 23.7 Å². The second-order valence-electron chi connectivity index (χ2n) is 7.31. The van der Waals surface area contributed by atoms with Crippen LogP contribution in [0.3, 0.4) is 0 Å². The smallest absolute Gasteiger partial charge is 0.416 e. The third-order valence-electron chi connectivity index (χ3n) is 5.31. The first-order chi connectivity index (χ1) is 15.3. The first-order valence-corrected chi connectivity index (χ1v) is 10.0. The highest BCUT2D eigenvalue weighted by atomic mass is 35.5. The molecular weight excluding hydrogens is 447 g/mol. The zero-order valence-corrected chi connectivity index (χ0v) is 17.1. The van der Waals surface area contributed by atoms with E-state index in [0.29, 0.717) is 27.8 Å². The van der Waals surface area contributed by atoms with E-state index in [-0.39, 0.29) is 12.5 Å². The van der Waals surface area contributed by atoms with Crippen molar-refractivity contribution in [2.24, 2.45) is 0 Å². The Bertz CT molecular complexity index is 1180. The molecule has 0 radical (unpaired) electrons. The van der Waals surface area contributed by atoms with Crippen LogP contribution >= 0.6 is 11.6 Å². The van der Waals surface area contributed by atoms with E-state index < -0.39 is 29.8 Å². The summed E-state index contributed by atoms with van der Waals surface area (Å²) in [6, 6.07) is 15.6. The highest BCUT2D eigenvalue weighted by Gasteiger charge is 2.51. The Morgan fingerprint density at radius 2 is 1.72 bits per heavy atom. The number of halogens is 4. The number of carbonyl (C=O) groups is 1. The molecule has 2 aliphatic rings. The number of anilines is 1. The molecule has 32 heavy (non-hydrogen) atoms. The third-order valence-corrected chi connectivity index (χ3v) is 5.56. The summed E-state index contributed by atoms with van der Waals surface area (Å²) in [7, 11) is 0. The van der Waals surface area contributed by atoms with E-state index in [1.165, 1.54) is 17.0 Å². The minimum absolute atomic E-state index is 0.0738. The maximum absolute atomic E-state index is 13.2. The number of benzene rings is 3. The molecule has 2 unspecified atom stereocenters. The minimum atomic E-state index is -4.53. The van der Waals surface area contributed by atoms with E-state index in [1.807, 2.05) is 0 Å². The van der Waals surface area contributed by atoms with E-state index in [0.717, 1.165) is 12.1 Å². The van der Waals surface area contributed by atoms with Gasteiger partial charge in [-0.25, -0.2) is 0 Å². The summed E-state index contributed by atoms with van der Waals surface area (Å²) in [5.74, 6) is 1.01. The highest BCUT2D eigenvalue weighted by molar-refractivity contribution is 6.30. The quantitative estimate of drug-likeness (QED) is 0.473. The molecule has 0 spiro atoms. The Balaban J connectivity index is 1.53. The van der Waals surface area contributed by atoms with E-state index in [4.69, 9.17) is 25.8 Å². The molecule has 2 atom stereocenters. The molecule has 0 aromatic heterocycles. The van der Waals surface area contributed by atoms with Crippen LogP contribution < -0.4 is 19.1 Å². The number of fused-ring (bicyclic) bond motifs is 1. The van der Waals surface area contributed by atoms with Gasteiger partial charge in [0, 0.05) is 10.7 Å². The van der Waals surface area contributed by atoms with Crippen LogP contribution in [0.2, 0.25) is 5.02 Å². The summed E-state index contributed by atoms with van der Waals surface area (Å²) < 4.78 is 56.4. The van der Waals surface area contributed by atoms with Gasteiger partial charge in [0.25, 0.3) is 5.91 Å². The molecule has 0 bridgehead atoms. The molecule has 1 fully saturated rings. The lowest BCUT2D eigenvalue weighted by atomic mass is 9.89. The Morgan fingerprint density at radius 1 is 0.969 bits per heavy atom. The lowest BCUT2D eigenvalue weighted by Crippen LogP contribution is -2.61. The fraction of sp³-hybridized carbons (Fsp3) is 0.174. The van der Waals surface area contributed by atoms with Crippen LogP contribution in [0.4, 0.5) is 18.9 Å². The Morgan fingerprint density at radius 3 is 2.47 bits per heavy atom. The van der Waals surface area contributed by atoms with Crippen LogP contribution in [0.15, 0.2) is 66.7 Å². The summed E-state index contributed by atoms with van der Waals surface area (Å²) in [6.45, 7) is 0.0738. The van der Waals surface area contributed by atoms with Crippen LogP contribution in [0, 0.1) is 0 Å². The van der Waals surface area contributed by atoms with E-state index in [1.54, 1.807) is 42.5 Å². The van der Waals surface area contributed by atoms with Gasteiger partial charge in [-0.05, 0) is 60.2 Å². The van der Waals surface area contributed by atoms with Gasteiger partial charge in [0.2, 0.25) is 12.9 Å². The molecule has 0 aliphatic carbocycles. The molecule has 164 valence electrons. The van der Waals surface area contributed by atoms with Crippen molar-refractivity contribution in [3.05, 3.63) is 82.9 Å². The van der Waals surface area contributed by atoms with Crippen LogP contribution in [0.1, 0.15) is 17.2 Å². The largest absolute Gasteiger partial charge is 0.478 e. The Hall–Kier alpha value is -3.39. The van der Waals surface area contributed by atoms with Gasteiger partial charge in [0.15, 0.2) is 11.5 Å². The molecule has 9 heteroatoms. The second-order valence-corrected chi connectivity index (χ2v) is 7.74. The van der Waals surface area contributed by atoms with Gasteiger partial charge in [-0.15, -0.1) is 0 Å². The van der Waals surface area contributed by atoms with E-state index in [2.05, 4.69) is 0 Å². The van der Waals surface area contributed by atoms with Gasteiger partial charge in [0.1, 0.15) is 11.8 Å². The van der Waals surface area contributed by atoms with Crippen LogP contribution in [-0.4, -0.2) is 18.8 Å². The van der Waals surface area contributed by atoms with Crippen LogP contribution in [0.25, 0.3) is 0 Å². The van der Waals surface area contributed by atoms with Crippen LogP contribution in [0.5, 0.6) is 17.2 Å². The van der Waals surface area contributed by atoms with Crippen molar-refractivity contribution in [1.29, 1.82) is 0 Å². The minimum Gasteiger partial charge on any atom is -0.478 e. The molecule has 5 rings (SSSR count). The van der Waals surface area contributed by atoms with E-state index in [9.17, 15) is 18.0 Å². The SMILES string of the molecule is O=C1C(Oc2ccc(Cl)cc2)C(c2ccc3c(c2)OCO3)N1c1cccc(C(F)(F)F)c1. The summed E-state index contributed by atoms with van der Waals surface area (Å²) in [5.41, 5.74) is -0.0667. The molecule has 2 aliphatic heterocycles. The van der Waals surface area contributed by atoms with Gasteiger partial charge < -0.3 is 14.2 Å². The summed E-state index contributed by atoms with van der Waals surface area (Å²) in [6.07, 6.45) is -5.47. The maximum Gasteiger partial charge on any atom is 0.416 e. The van der Waals surface area contributed by atoms with Crippen molar-refractivity contribution < 1.29 is 32.2 Å². The number of β-lactam (4-membered cyclic amide) rings is 1. The van der Waals surface area contributed by atoms with E-state index >= 15 is 0 Å². The third kappa shape index (κ3) is 3.60. The predicted molar refractivity (Wildman–Crippen MR) is 110 cm³/mol. The lowest BCUT2D eigenvalue weighted by Gasteiger charge is -2.46. The number of hydrogen-bond donors (Lipinski definition) is 0. The van der Waals surface area contributed by atoms with Crippen molar-refractivity contribution >= 4 is 23.2 Å². The maximum atomic E-state index is 13.2. The molecular formula is C23H15ClF3NO4. The average molecular weight is 462 g/mol. The van der Waals surface area contributed by atoms with Crippen molar-refractivity contribution in [3.63, 3.8) is 0 Å². The monoisotopic (exact) mass is 461 g/mol. The Kier molecular flexibility index (Phi) is 4.89. The molecule has 1 saturated heterocycles. The number of nitrogens with zero attached hydrogens (tertiary/aromatic N) is 1. The fourth-order valence-corrected chi connectivity index (χ4v) is 3.90. The van der Waals surface area contributed by atoms with Crippen LogP contribution in [-0.2, 0) is 11.0 Å². The lowest BCUT2D eigenvalue weighted by molar-refractivity contribution is -0.138. The topological polar surface area (TPSA) is 48.0 Å². The zero-order chi connectivity index (χ0) is 22.5. The first kappa shape index (κ1) is 20.5.